The van der Waals surface area contributed by atoms with Gasteiger partial charge in [0.1, 0.15) is 0 Å². The van der Waals surface area contributed by atoms with E-state index in [1.165, 1.54) is 0 Å². The predicted octanol–water partition coefficient (Wildman–Crippen LogP) is 2.74. The first-order valence-electron chi connectivity index (χ1n) is 8.63. The third-order valence-corrected chi connectivity index (χ3v) is 5.74. The lowest BCUT2D eigenvalue weighted by atomic mass is 9.96. The van der Waals surface area contributed by atoms with Crippen LogP contribution < -0.4 is 5.32 Å². The van der Waals surface area contributed by atoms with Gasteiger partial charge in [-0.05, 0) is 37.3 Å². The van der Waals surface area contributed by atoms with Gasteiger partial charge in [-0.2, -0.15) is 0 Å². The number of nitrogens with zero attached hydrogens (tertiary/aromatic N) is 2. The molecule has 1 unspecified atom stereocenters. The van der Waals surface area contributed by atoms with Crippen molar-refractivity contribution in [2.45, 2.75) is 24.2 Å². The van der Waals surface area contributed by atoms with E-state index in [-0.39, 0.29) is 24.0 Å². The van der Waals surface area contributed by atoms with E-state index in [4.69, 9.17) is 4.74 Å². The molecule has 5 nitrogen and oxygen atoms in total. The number of halogens is 1. The van der Waals surface area contributed by atoms with E-state index in [9.17, 15) is 4.21 Å². The first-order chi connectivity index (χ1) is 11.7. The zero-order valence-electron chi connectivity index (χ0n) is 15.1. The van der Waals surface area contributed by atoms with Gasteiger partial charge >= 0.3 is 0 Å². The Balaban J connectivity index is 0.00000312. The van der Waals surface area contributed by atoms with Crippen molar-refractivity contribution in [2.24, 2.45) is 10.9 Å². The standard InChI is InChI=1S/C18H29N3O2S.HI/c1-19-18(21(2)12-8-16-9-13-23-14-10-16)20-11-15-24(22)17-6-4-3-5-7-17;/h3-7,16H,8-15H2,1-2H3,(H,19,20);1H. The molecule has 1 aliphatic heterocycles. The van der Waals surface area contributed by atoms with Crippen molar-refractivity contribution in [2.75, 3.05) is 46.2 Å². The zero-order valence-corrected chi connectivity index (χ0v) is 18.3. The summed E-state index contributed by atoms with van der Waals surface area (Å²) in [5, 5.41) is 3.32. The normalized spacial score (nSPS) is 16.8. The smallest absolute Gasteiger partial charge is 0.193 e. The molecule has 0 aromatic heterocycles. The van der Waals surface area contributed by atoms with Gasteiger partial charge in [0.2, 0.25) is 0 Å². The van der Waals surface area contributed by atoms with Crippen LogP contribution in [0.3, 0.4) is 0 Å². The van der Waals surface area contributed by atoms with E-state index in [2.05, 4.69) is 22.3 Å². The van der Waals surface area contributed by atoms with Crippen LogP contribution in [0.15, 0.2) is 40.2 Å². The molecule has 2 rings (SSSR count). The summed E-state index contributed by atoms with van der Waals surface area (Å²) < 4.78 is 17.6. The minimum Gasteiger partial charge on any atom is -0.381 e. The number of hydrogen-bond acceptors (Lipinski definition) is 3. The van der Waals surface area contributed by atoms with Gasteiger partial charge in [-0.25, -0.2) is 0 Å². The first kappa shape index (κ1) is 22.4. The molecule has 0 amide bonds. The van der Waals surface area contributed by atoms with Crippen LogP contribution in [0.5, 0.6) is 0 Å². The summed E-state index contributed by atoms with van der Waals surface area (Å²) in [6.07, 6.45) is 3.49. The molecule has 0 saturated carbocycles. The molecule has 1 aromatic carbocycles. The third-order valence-electron chi connectivity index (χ3n) is 4.36. The lowest BCUT2D eigenvalue weighted by molar-refractivity contribution is 0.0625. The van der Waals surface area contributed by atoms with E-state index < -0.39 is 10.8 Å². The zero-order chi connectivity index (χ0) is 17.2. The van der Waals surface area contributed by atoms with Crippen LogP contribution in [0, 0.1) is 5.92 Å². The summed E-state index contributed by atoms with van der Waals surface area (Å²) in [4.78, 5) is 7.36. The minimum absolute atomic E-state index is 0. The van der Waals surface area contributed by atoms with Gasteiger partial charge in [0.15, 0.2) is 5.96 Å². The molecular formula is C18H30IN3O2S. The van der Waals surface area contributed by atoms with Crippen LogP contribution in [0.4, 0.5) is 0 Å². The van der Waals surface area contributed by atoms with Crippen molar-refractivity contribution in [3.8, 4) is 0 Å². The number of benzene rings is 1. The lowest BCUT2D eigenvalue weighted by Gasteiger charge is -2.26. The van der Waals surface area contributed by atoms with Crippen molar-refractivity contribution in [1.29, 1.82) is 0 Å². The van der Waals surface area contributed by atoms with Gasteiger partial charge in [0.25, 0.3) is 0 Å². The third kappa shape index (κ3) is 8.04. The van der Waals surface area contributed by atoms with Crippen molar-refractivity contribution in [3.63, 3.8) is 0 Å². The maximum atomic E-state index is 12.2. The van der Waals surface area contributed by atoms with E-state index in [0.717, 1.165) is 55.8 Å². The fraction of sp³-hybridized carbons (Fsp3) is 0.611. The number of rotatable bonds is 7. The lowest BCUT2D eigenvalue weighted by Crippen LogP contribution is -2.41. The monoisotopic (exact) mass is 479 g/mol. The number of nitrogens with one attached hydrogen (secondary N) is 1. The highest BCUT2D eigenvalue weighted by Gasteiger charge is 2.15. The Morgan fingerprint density at radius 2 is 2.00 bits per heavy atom. The van der Waals surface area contributed by atoms with Crippen LogP contribution in [0.2, 0.25) is 0 Å². The van der Waals surface area contributed by atoms with Gasteiger partial charge in [-0.15, -0.1) is 24.0 Å². The maximum absolute atomic E-state index is 12.2. The summed E-state index contributed by atoms with van der Waals surface area (Å²) in [5.74, 6) is 2.20. The highest BCUT2D eigenvalue weighted by atomic mass is 127. The van der Waals surface area contributed by atoms with Crippen molar-refractivity contribution in [1.82, 2.24) is 10.2 Å². The van der Waals surface area contributed by atoms with Gasteiger partial charge in [-0.3, -0.25) is 9.20 Å². The molecule has 1 aromatic rings. The number of hydrogen-bond donors (Lipinski definition) is 1. The Morgan fingerprint density at radius 3 is 2.64 bits per heavy atom. The molecule has 0 aliphatic carbocycles. The Hall–Kier alpha value is -0.670. The summed E-state index contributed by atoms with van der Waals surface area (Å²) in [7, 11) is 2.88. The molecule has 1 atom stereocenters. The average molecular weight is 479 g/mol. The van der Waals surface area contributed by atoms with Crippen LogP contribution in [-0.2, 0) is 15.5 Å². The summed E-state index contributed by atoms with van der Waals surface area (Å²) >= 11 is 0. The molecule has 0 radical (unpaired) electrons. The second kappa shape index (κ2) is 12.6. The van der Waals surface area contributed by atoms with Crippen molar-refractivity contribution >= 4 is 40.7 Å². The summed E-state index contributed by atoms with van der Waals surface area (Å²) in [5.41, 5.74) is 0. The van der Waals surface area contributed by atoms with Crippen LogP contribution in [-0.4, -0.2) is 61.2 Å². The summed E-state index contributed by atoms with van der Waals surface area (Å²) in [6, 6.07) is 9.59. The fourth-order valence-corrected chi connectivity index (χ4v) is 3.83. The molecule has 1 heterocycles. The quantitative estimate of drug-likeness (QED) is 0.371. The molecule has 1 N–H and O–H groups in total. The van der Waals surface area contributed by atoms with Crippen LogP contribution in [0.1, 0.15) is 19.3 Å². The Kier molecular flexibility index (Phi) is 11.3. The molecule has 142 valence electrons. The Bertz CT molecular complexity index is 536. The largest absolute Gasteiger partial charge is 0.381 e. The molecule has 25 heavy (non-hydrogen) atoms. The Morgan fingerprint density at radius 1 is 1.32 bits per heavy atom. The summed E-state index contributed by atoms with van der Waals surface area (Å²) in [6.45, 7) is 3.42. The molecule has 0 bridgehead atoms. The first-order valence-corrected chi connectivity index (χ1v) is 9.95. The van der Waals surface area contributed by atoms with Gasteiger partial charge < -0.3 is 15.0 Å². The van der Waals surface area contributed by atoms with Gasteiger partial charge in [0, 0.05) is 51.0 Å². The number of aliphatic imine (C=N–C) groups is 1. The van der Waals surface area contributed by atoms with Gasteiger partial charge in [0.05, 0.1) is 10.8 Å². The second-order valence-corrected chi connectivity index (χ2v) is 7.67. The highest BCUT2D eigenvalue weighted by molar-refractivity contribution is 14.0. The Labute approximate surface area is 171 Å². The van der Waals surface area contributed by atoms with E-state index in [0.29, 0.717) is 12.3 Å². The second-order valence-electron chi connectivity index (χ2n) is 6.10. The van der Waals surface area contributed by atoms with Crippen molar-refractivity contribution in [3.05, 3.63) is 30.3 Å². The molecule has 0 spiro atoms. The van der Waals surface area contributed by atoms with E-state index in [1.807, 2.05) is 30.3 Å². The average Bonchev–Trinajstić information content (AvgIpc) is 2.64. The van der Waals surface area contributed by atoms with Crippen LogP contribution in [0.25, 0.3) is 0 Å². The minimum atomic E-state index is -0.973. The molecular weight excluding hydrogens is 449 g/mol. The van der Waals surface area contributed by atoms with Crippen molar-refractivity contribution < 1.29 is 8.95 Å². The predicted molar refractivity (Wildman–Crippen MR) is 115 cm³/mol. The number of guanidine groups is 1. The molecule has 7 heteroatoms. The highest BCUT2D eigenvalue weighted by Crippen LogP contribution is 2.18. The molecule has 1 aliphatic rings. The fourth-order valence-electron chi connectivity index (χ4n) is 2.85. The maximum Gasteiger partial charge on any atom is 0.193 e. The van der Waals surface area contributed by atoms with Gasteiger partial charge in [-0.1, -0.05) is 18.2 Å². The SMILES string of the molecule is CN=C(NCCS(=O)c1ccccc1)N(C)CCC1CCOCC1.I. The van der Waals surface area contributed by atoms with Crippen LogP contribution >= 0.6 is 24.0 Å². The van der Waals surface area contributed by atoms with E-state index in [1.54, 1.807) is 7.05 Å². The molecule has 1 saturated heterocycles. The number of ether oxygens (including phenoxy) is 1. The topological polar surface area (TPSA) is 53.9 Å². The molecule has 1 fully saturated rings. The van der Waals surface area contributed by atoms with E-state index >= 15 is 0 Å².